The molecule has 0 saturated carbocycles. The average molecular weight is 270 g/mol. The van der Waals surface area contributed by atoms with Gasteiger partial charge < -0.3 is 19.7 Å². The first-order chi connectivity index (χ1) is 9.29. The predicted molar refractivity (Wildman–Crippen MR) is 77.4 cm³/mol. The van der Waals surface area contributed by atoms with Crippen molar-refractivity contribution < 1.29 is 9.47 Å². The summed E-state index contributed by atoms with van der Waals surface area (Å²) in [5, 5.41) is 3.61. The lowest BCUT2D eigenvalue weighted by atomic mass is 9.94. The van der Waals surface area contributed by atoms with Crippen molar-refractivity contribution in [3.8, 4) is 0 Å². The van der Waals surface area contributed by atoms with Crippen LogP contribution < -0.4 is 5.32 Å². The molecule has 0 bridgehead atoms. The zero-order valence-electron chi connectivity index (χ0n) is 12.6. The first kappa shape index (κ1) is 15.2. The van der Waals surface area contributed by atoms with Crippen LogP contribution in [0.25, 0.3) is 0 Å². The molecule has 2 rings (SSSR count). The second-order valence-electron chi connectivity index (χ2n) is 6.09. The summed E-state index contributed by atoms with van der Waals surface area (Å²) in [5.74, 6) is 1.35. The van der Waals surface area contributed by atoms with E-state index in [1.807, 2.05) is 0 Å². The normalized spacial score (nSPS) is 32.7. The molecule has 2 heterocycles. The topological polar surface area (TPSA) is 33.7 Å². The minimum atomic E-state index is 0.628. The summed E-state index contributed by atoms with van der Waals surface area (Å²) >= 11 is 0. The van der Waals surface area contributed by atoms with Gasteiger partial charge in [0.1, 0.15) is 0 Å². The van der Waals surface area contributed by atoms with Crippen LogP contribution in [-0.2, 0) is 9.47 Å². The number of nitrogens with one attached hydrogen (secondary N) is 1. The molecule has 0 aromatic carbocycles. The molecule has 2 aliphatic rings. The van der Waals surface area contributed by atoms with E-state index < -0.39 is 0 Å². The molecule has 19 heavy (non-hydrogen) atoms. The Bertz CT molecular complexity index is 242. The SMILES string of the molecule is CCNC1CCOCC1CN(C)CC1CCCOC1. The molecule has 2 aliphatic heterocycles. The summed E-state index contributed by atoms with van der Waals surface area (Å²) in [6.07, 6.45) is 3.70. The smallest absolute Gasteiger partial charge is 0.0521 e. The molecule has 0 aromatic heterocycles. The van der Waals surface area contributed by atoms with Gasteiger partial charge in [0, 0.05) is 38.3 Å². The van der Waals surface area contributed by atoms with E-state index in [-0.39, 0.29) is 0 Å². The third-order valence-corrected chi connectivity index (χ3v) is 4.31. The van der Waals surface area contributed by atoms with Crippen LogP contribution in [0.15, 0.2) is 0 Å². The Balaban J connectivity index is 1.74. The lowest BCUT2D eigenvalue weighted by Gasteiger charge is -2.36. The van der Waals surface area contributed by atoms with E-state index in [4.69, 9.17) is 9.47 Å². The third-order valence-electron chi connectivity index (χ3n) is 4.31. The predicted octanol–water partition coefficient (Wildman–Crippen LogP) is 1.36. The van der Waals surface area contributed by atoms with Crippen molar-refractivity contribution in [3.05, 3.63) is 0 Å². The first-order valence-corrected chi connectivity index (χ1v) is 7.87. The minimum Gasteiger partial charge on any atom is -0.381 e. The molecule has 112 valence electrons. The second kappa shape index (κ2) is 8.20. The van der Waals surface area contributed by atoms with E-state index in [1.165, 1.54) is 12.8 Å². The van der Waals surface area contributed by atoms with Crippen LogP contribution in [0, 0.1) is 11.8 Å². The second-order valence-corrected chi connectivity index (χ2v) is 6.09. The van der Waals surface area contributed by atoms with Gasteiger partial charge in [-0.15, -0.1) is 0 Å². The van der Waals surface area contributed by atoms with E-state index in [0.717, 1.165) is 58.4 Å². The van der Waals surface area contributed by atoms with Crippen LogP contribution in [0.4, 0.5) is 0 Å². The average Bonchev–Trinajstić information content (AvgIpc) is 2.42. The van der Waals surface area contributed by atoms with Gasteiger partial charge in [-0.2, -0.15) is 0 Å². The van der Waals surface area contributed by atoms with Gasteiger partial charge in [-0.05, 0) is 38.8 Å². The Morgan fingerprint density at radius 3 is 2.68 bits per heavy atom. The van der Waals surface area contributed by atoms with Crippen LogP contribution in [0.1, 0.15) is 26.2 Å². The van der Waals surface area contributed by atoms with Crippen LogP contribution in [0.2, 0.25) is 0 Å². The molecular weight excluding hydrogens is 240 g/mol. The first-order valence-electron chi connectivity index (χ1n) is 7.87. The summed E-state index contributed by atoms with van der Waals surface area (Å²) < 4.78 is 11.2. The van der Waals surface area contributed by atoms with Gasteiger partial charge in [-0.3, -0.25) is 0 Å². The zero-order chi connectivity index (χ0) is 13.5. The fourth-order valence-electron chi connectivity index (χ4n) is 3.37. The van der Waals surface area contributed by atoms with Crippen molar-refractivity contribution in [1.82, 2.24) is 10.2 Å². The maximum atomic E-state index is 5.66. The molecule has 0 radical (unpaired) electrons. The third kappa shape index (κ3) is 5.03. The molecule has 0 spiro atoms. The Kier molecular flexibility index (Phi) is 6.57. The highest BCUT2D eigenvalue weighted by Crippen LogP contribution is 2.18. The fraction of sp³-hybridized carbons (Fsp3) is 1.00. The van der Waals surface area contributed by atoms with Gasteiger partial charge >= 0.3 is 0 Å². The lowest BCUT2D eigenvalue weighted by Crippen LogP contribution is -2.47. The summed E-state index contributed by atoms with van der Waals surface area (Å²) in [6, 6.07) is 0.629. The van der Waals surface area contributed by atoms with Crippen molar-refractivity contribution in [3.63, 3.8) is 0 Å². The van der Waals surface area contributed by atoms with E-state index in [0.29, 0.717) is 12.0 Å². The highest BCUT2D eigenvalue weighted by Gasteiger charge is 2.26. The molecular formula is C15H30N2O2. The molecule has 4 nitrogen and oxygen atoms in total. The number of hydrogen-bond acceptors (Lipinski definition) is 4. The Morgan fingerprint density at radius 2 is 1.95 bits per heavy atom. The Morgan fingerprint density at radius 1 is 1.11 bits per heavy atom. The molecule has 2 saturated heterocycles. The van der Waals surface area contributed by atoms with Crippen LogP contribution in [-0.4, -0.2) is 64.1 Å². The fourth-order valence-corrected chi connectivity index (χ4v) is 3.37. The van der Waals surface area contributed by atoms with Crippen LogP contribution in [0.5, 0.6) is 0 Å². The Labute approximate surface area is 117 Å². The van der Waals surface area contributed by atoms with E-state index in [9.17, 15) is 0 Å². The number of rotatable bonds is 6. The van der Waals surface area contributed by atoms with Gasteiger partial charge in [-0.25, -0.2) is 0 Å². The van der Waals surface area contributed by atoms with Crippen molar-refractivity contribution in [1.29, 1.82) is 0 Å². The maximum absolute atomic E-state index is 5.66. The standard InChI is InChI=1S/C15H30N2O2/c1-3-16-15-6-8-19-12-14(15)10-17(2)9-13-5-4-7-18-11-13/h13-16H,3-12H2,1-2H3. The van der Waals surface area contributed by atoms with Gasteiger partial charge in [0.15, 0.2) is 0 Å². The number of ether oxygens (including phenoxy) is 2. The molecule has 4 heteroatoms. The zero-order valence-corrected chi connectivity index (χ0v) is 12.6. The molecule has 0 aromatic rings. The summed E-state index contributed by atoms with van der Waals surface area (Å²) in [4.78, 5) is 2.48. The summed E-state index contributed by atoms with van der Waals surface area (Å²) in [5.41, 5.74) is 0. The van der Waals surface area contributed by atoms with Gasteiger partial charge in [0.2, 0.25) is 0 Å². The molecule has 1 N–H and O–H groups in total. The van der Waals surface area contributed by atoms with E-state index in [2.05, 4.69) is 24.2 Å². The maximum Gasteiger partial charge on any atom is 0.0521 e. The molecule has 0 aliphatic carbocycles. The monoisotopic (exact) mass is 270 g/mol. The van der Waals surface area contributed by atoms with E-state index >= 15 is 0 Å². The van der Waals surface area contributed by atoms with Crippen LogP contribution in [0.3, 0.4) is 0 Å². The largest absolute Gasteiger partial charge is 0.381 e. The summed E-state index contributed by atoms with van der Waals surface area (Å²) in [7, 11) is 2.24. The van der Waals surface area contributed by atoms with Gasteiger partial charge in [0.05, 0.1) is 13.2 Å². The van der Waals surface area contributed by atoms with E-state index in [1.54, 1.807) is 0 Å². The van der Waals surface area contributed by atoms with Crippen molar-refractivity contribution >= 4 is 0 Å². The highest BCUT2D eigenvalue weighted by atomic mass is 16.5. The molecule has 3 atom stereocenters. The highest BCUT2D eigenvalue weighted by molar-refractivity contribution is 4.82. The summed E-state index contributed by atoms with van der Waals surface area (Å²) in [6.45, 7) is 9.26. The minimum absolute atomic E-state index is 0.628. The molecule has 0 amide bonds. The van der Waals surface area contributed by atoms with Crippen LogP contribution >= 0.6 is 0 Å². The van der Waals surface area contributed by atoms with Crippen molar-refractivity contribution in [2.45, 2.75) is 32.2 Å². The molecule has 2 fully saturated rings. The molecule has 3 unspecified atom stereocenters. The number of nitrogens with zero attached hydrogens (tertiary/aromatic N) is 1. The van der Waals surface area contributed by atoms with Crippen molar-refractivity contribution in [2.75, 3.05) is 53.1 Å². The quantitative estimate of drug-likeness (QED) is 0.790. The van der Waals surface area contributed by atoms with Gasteiger partial charge in [0.25, 0.3) is 0 Å². The van der Waals surface area contributed by atoms with Gasteiger partial charge in [-0.1, -0.05) is 6.92 Å². The lowest BCUT2D eigenvalue weighted by molar-refractivity contribution is 0.00883. The number of hydrogen-bond donors (Lipinski definition) is 1. The Hall–Kier alpha value is -0.160. The van der Waals surface area contributed by atoms with Crippen molar-refractivity contribution in [2.24, 2.45) is 11.8 Å².